The molecular formula is C27H31N7O2. The van der Waals surface area contributed by atoms with E-state index in [0.717, 1.165) is 68.7 Å². The molecule has 0 radical (unpaired) electrons. The maximum absolute atomic E-state index is 13.0. The van der Waals surface area contributed by atoms with E-state index in [4.69, 9.17) is 4.74 Å². The van der Waals surface area contributed by atoms with Gasteiger partial charge in [-0.15, -0.1) is 0 Å². The zero-order chi connectivity index (χ0) is 24.8. The van der Waals surface area contributed by atoms with Crippen molar-refractivity contribution in [2.24, 2.45) is 11.3 Å². The first-order valence-corrected chi connectivity index (χ1v) is 12.8. The predicted octanol–water partition coefficient (Wildman–Crippen LogP) is 4.00. The van der Waals surface area contributed by atoms with Gasteiger partial charge in [-0.1, -0.05) is 6.92 Å². The molecule has 6 rings (SSSR count). The van der Waals surface area contributed by atoms with Gasteiger partial charge < -0.3 is 19.1 Å². The van der Waals surface area contributed by atoms with Gasteiger partial charge in [0.25, 0.3) is 0 Å². The van der Waals surface area contributed by atoms with Crippen LogP contribution < -0.4 is 4.90 Å². The minimum atomic E-state index is -0.411. The highest BCUT2D eigenvalue weighted by Gasteiger charge is 2.50. The van der Waals surface area contributed by atoms with E-state index in [2.05, 4.69) is 37.4 Å². The van der Waals surface area contributed by atoms with Gasteiger partial charge in [-0.3, -0.25) is 0 Å². The highest BCUT2D eigenvalue weighted by molar-refractivity contribution is 5.77. The average molecular weight is 486 g/mol. The van der Waals surface area contributed by atoms with Crippen LogP contribution in [0.4, 0.5) is 10.7 Å². The molecule has 186 valence electrons. The highest BCUT2D eigenvalue weighted by atomic mass is 16.6. The molecule has 1 amide bonds. The molecule has 36 heavy (non-hydrogen) atoms. The maximum Gasteiger partial charge on any atom is 0.410 e. The molecule has 0 bridgehead atoms. The molecule has 3 aromatic rings. The molecule has 1 aliphatic carbocycles. The van der Waals surface area contributed by atoms with Gasteiger partial charge in [-0.25, -0.2) is 19.7 Å². The van der Waals surface area contributed by atoms with Gasteiger partial charge >= 0.3 is 6.09 Å². The van der Waals surface area contributed by atoms with Crippen molar-refractivity contribution in [3.05, 3.63) is 48.5 Å². The SMILES string of the molecule is CC1(CN2CC3(CCCC(Cn4cnc5ccc(C#N)cc54)C3)OC2=O)CCN(c2ncccn2)C1. The molecule has 2 aromatic heterocycles. The molecule has 0 N–H and O–H groups in total. The molecule has 1 saturated carbocycles. The van der Waals surface area contributed by atoms with Crippen LogP contribution in [-0.2, 0) is 11.3 Å². The summed E-state index contributed by atoms with van der Waals surface area (Å²) >= 11 is 0. The minimum absolute atomic E-state index is 0.0218. The van der Waals surface area contributed by atoms with Crippen molar-refractivity contribution in [2.45, 2.75) is 51.2 Å². The van der Waals surface area contributed by atoms with Crippen LogP contribution in [0.15, 0.2) is 43.0 Å². The summed E-state index contributed by atoms with van der Waals surface area (Å²) in [5, 5.41) is 9.29. The largest absolute Gasteiger partial charge is 0.441 e. The molecule has 3 unspecified atom stereocenters. The van der Waals surface area contributed by atoms with Gasteiger partial charge in [0.2, 0.25) is 5.95 Å². The average Bonchev–Trinajstić information content (AvgIpc) is 3.55. The topological polar surface area (TPSA) is 100 Å². The number of hydrogen-bond acceptors (Lipinski definition) is 7. The fourth-order valence-electron chi connectivity index (χ4n) is 6.44. The van der Waals surface area contributed by atoms with Gasteiger partial charge in [0, 0.05) is 44.0 Å². The molecule has 3 fully saturated rings. The second kappa shape index (κ2) is 8.77. The Hall–Kier alpha value is -3.67. The van der Waals surface area contributed by atoms with E-state index in [9.17, 15) is 10.1 Å². The van der Waals surface area contributed by atoms with Crippen molar-refractivity contribution in [1.29, 1.82) is 5.26 Å². The number of fused-ring (bicyclic) bond motifs is 1. The number of benzene rings is 1. The van der Waals surface area contributed by atoms with E-state index in [0.29, 0.717) is 24.6 Å². The van der Waals surface area contributed by atoms with E-state index >= 15 is 0 Å². The lowest BCUT2D eigenvalue weighted by Crippen LogP contribution is -2.43. The molecule has 3 aliphatic rings. The molecule has 3 atom stereocenters. The Morgan fingerprint density at radius 3 is 2.89 bits per heavy atom. The van der Waals surface area contributed by atoms with Crippen LogP contribution >= 0.6 is 0 Å². The van der Waals surface area contributed by atoms with Crippen LogP contribution in [0.3, 0.4) is 0 Å². The number of ether oxygens (including phenoxy) is 1. The van der Waals surface area contributed by atoms with E-state index in [1.54, 1.807) is 18.5 Å². The zero-order valence-electron chi connectivity index (χ0n) is 20.6. The second-order valence-electron chi connectivity index (χ2n) is 11.1. The number of aromatic nitrogens is 4. The number of carbonyl (C=O) groups is 1. The van der Waals surface area contributed by atoms with Crippen LogP contribution in [-0.4, -0.2) is 62.3 Å². The Labute approximate surface area is 210 Å². The van der Waals surface area contributed by atoms with Crippen LogP contribution in [0.1, 0.15) is 44.6 Å². The molecule has 4 heterocycles. The first-order valence-electron chi connectivity index (χ1n) is 12.8. The number of nitrogens with zero attached hydrogens (tertiary/aromatic N) is 7. The molecule has 9 heteroatoms. The molecular weight excluding hydrogens is 454 g/mol. The summed E-state index contributed by atoms with van der Waals surface area (Å²) in [5.74, 6) is 1.15. The fourth-order valence-corrected chi connectivity index (χ4v) is 6.44. The lowest BCUT2D eigenvalue weighted by atomic mass is 9.77. The van der Waals surface area contributed by atoms with E-state index < -0.39 is 5.60 Å². The minimum Gasteiger partial charge on any atom is -0.441 e. The first-order chi connectivity index (χ1) is 17.4. The summed E-state index contributed by atoms with van der Waals surface area (Å²) in [5.41, 5.74) is 2.09. The summed E-state index contributed by atoms with van der Waals surface area (Å²) < 4.78 is 8.27. The quantitative estimate of drug-likeness (QED) is 0.538. The first kappa shape index (κ1) is 22.8. The number of carbonyl (C=O) groups excluding carboxylic acids is 1. The van der Waals surface area contributed by atoms with Gasteiger partial charge in [0.05, 0.1) is 35.5 Å². The van der Waals surface area contributed by atoms with E-state index in [1.165, 1.54) is 0 Å². The number of anilines is 1. The second-order valence-corrected chi connectivity index (χ2v) is 11.1. The Balaban J connectivity index is 1.12. The summed E-state index contributed by atoms with van der Waals surface area (Å²) in [6.45, 7) is 6.12. The van der Waals surface area contributed by atoms with Gasteiger partial charge in [0.1, 0.15) is 5.60 Å². The third-order valence-electron chi connectivity index (χ3n) is 8.12. The normalized spacial score (nSPS) is 28.1. The summed E-state index contributed by atoms with van der Waals surface area (Å²) in [4.78, 5) is 30.5. The Morgan fingerprint density at radius 1 is 1.19 bits per heavy atom. The van der Waals surface area contributed by atoms with Crippen molar-refractivity contribution in [2.75, 3.05) is 31.1 Å². The third kappa shape index (κ3) is 4.25. The standard InChI is InChI=1S/C27H31N7O2/c1-26(8-11-32(16-26)24-29-9-3-10-30-24)17-34-18-27(36-25(34)35)7-2-4-21(13-27)15-33-19-31-22-6-5-20(14-28)12-23(22)33/h3,5-6,9-10,12,19,21H,2,4,7-8,11,13,15-18H2,1H3. The number of imidazole rings is 1. The lowest BCUT2D eigenvalue weighted by molar-refractivity contribution is 0.00412. The predicted molar refractivity (Wildman–Crippen MR) is 134 cm³/mol. The highest BCUT2D eigenvalue weighted by Crippen LogP contribution is 2.42. The van der Waals surface area contributed by atoms with E-state index in [1.807, 2.05) is 29.4 Å². The van der Waals surface area contributed by atoms with Crippen molar-refractivity contribution in [3.63, 3.8) is 0 Å². The smallest absolute Gasteiger partial charge is 0.410 e. The maximum atomic E-state index is 13.0. The van der Waals surface area contributed by atoms with E-state index in [-0.39, 0.29) is 11.5 Å². The Morgan fingerprint density at radius 2 is 2.06 bits per heavy atom. The molecule has 1 spiro atoms. The number of rotatable bonds is 5. The van der Waals surface area contributed by atoms with Crippen molar-refractivity contribution in [3.8, 4) is 6.07 Å². The van der Waals surface area contributed by atoms with Crippen molar-refractivity contribution in [1.82, 2.24) is 24.4 Å². The zero-order valence-corrected chi connectivity index (χ0v) is 20.6. The Bertz CT molecular complexity index is 1320. The summed E-state index contributed by atoms with van der Waals surface area (Å²) in [7, 11) is 0. The Kier molecular flexibility index (Phi) is 5.55. The molecule has 9 nitrogen and oxygen atoms in total. The van der Waals surface area contributed by atoms with Crippen molar-refractivity contribution < 1.29 is 9.53 Å². The molecule has 1 aromatic carbocycles. The van der Waals surface area contributed by atoms with Crippen LogP contribution in [0.25, 0.3) is 11.0 Å². The summed E-state index contributed by atoms with van der Waals surface area (Å²) in [6.07, 6.45) is 10.1. The fraction of sp³-hybridized carbons (Fsp3) is 0.519. The van der Waals surface area contributed by atoms with Crippen LogP contribution in [0.2, 0.25) is 0 Å². The van der Waals surface area contributed by atoms with Gasteiger partial charge in [-0.2, -0.15) is 5.26 Å². The third-order valence-corrected chi connectivity index (χ3v) is 8.12. The molecule has 2 aliphatic heterocycles. The number of amides is 1. The monoisotopic (exact) mass is 485 g/mol. The van der Waals surface area contributed by atoms with Gasteiger partial charge in [0.15, 0.2) is 0 Å². The lowest BCUT2D eigenvalue weighted by Gasteiger charge is -2.36. The van der Waals surface area contributed by atoms with Crippen LogP contribution in [0, 0.1) is 22.7 Å². The molecule has 2 saturated heterocycles. The summed E-state index contributed by atoms with van der Waals surface area (Å²) in [6, 6.07) is 9.66. The number of nitriles is 1. The number of hydrogen-bond donors (Lipinski definition) is 0. The van der Waals surface area contributed by atoms with Crippen molar-refractivity contribution >= 4 is 23.1 Å². The van der Waals surface area contributed by atoms with Gasteiger partial charge in [-0.05, 0) is 62.3 Å². The van der Waals surface area contributed by atoms with Crippen LogP contribution in [0.5, 0.6) is 0 Å².